The molecular formula is C14H18N2O3. The van der Waals surface area contributed by atoms with Gasteiger partial charge in [0.15, 0.2) is 0 Å². The minimum absolute atomic E-state index is 0.188. The van der Waals surface area contributed by atoms with Crippen LogP contribution in [0.15, 0.2) is 24.4 Å². The molecule has 0 bridgehead atoms. The highest BCUT2D eigenvalue weighted by atomic mass is 16.6. The van der Waals surface area contributed by atoms with E-state index in [1.54, 1.807) is 14.0 Å². The molecule has 0 aliphatic rings. The zero-order chi connectivity index (χ0) is 14.0. The van der Waals surface area contributed by atoms with Crippen LogP contribution in [0, 0.1) is 10.1 Å². The van der Waals surface area contributed by atoms with Gasteiger partial charge in [-0.1, -0.05) is 6.92 Å². The molecule has 0 amide bonds. The number of nitrogens with one attached hydrogen (secondary N) is 1. The number of hydrogen-bond donors (Lipinski definition) is 1. The zero-order valence-corrected chi connectivity index (χ0v) is 11.4. The van der Waals surface area contributed by atoms with Gasteiger partial charge in [0.1, 0.15) is 5.75 Å². The molecule has 0 aliphatic heterocycles. The van der Waals surface area contributed by atoms with E-state index in [-0.39, 0.29) is 4.92 Å². The second-order valence-corrected chi connectivity index (χ2v) is 5.01. The number of hydrogen-bond acceptors (Lipinski definition) is 3. The molecule has 5 heteroatoms. The zero-order valence-electron chi connectivity index (χ0n) is 11.4. The normalized spacial score (nSPS) is 14.3. The maximum Gasteiger partial charge on any atom is 0.223 e. The fraction of sp³-hybridized carbons (Fsp3) is 0.429. The standard InChI is InChI=1S/C14H18N2O3/c1-4-14(2,16(17)18)8-10-9-15-13-6-5-11(19-3)7-12(10)13/h5-7,9,15H,4,8H2,1-3H3. The van der Waals surface area contributed by atoms with Crippen molar-refractivity contribution in [3.63, 3.8) is 0 Å². The van der Waals surface area contributed by atoms with Gasteiger partial charge in [-0.2, -0.15) is 0 Å². The number of ether oxygens (including phenoxy) is 1. The number of rotatable bonds is 5. The maximum absolute atomic E-state index is 11.2. The van der Waals surface area contributed by atoms with Crippen molar-refractivity contribution >= 4 is 10.9 Å². The van der Waals surface area contributed by atoms with Crippen LogP contribution in [-0.2, 0) is 6.42 Å². The van der Waals surface area contributed by atoms with E-state index < -0.39 is 5.54 Å². The van der Waals surface area contributed by atoms with Gasteiger partial charge in [0, 0.05) is 41.8 Å². The molecule has 0 spiro atoms. The Morgan fingerprint density at radius 3 is 2.79 bits per heavy atom. The van der Waals surface area contributed by atoms with Crippen LogP contribution >= 0.6 is 0 Å². The topological polar surface area (TPSA) is 68.2 Å². The van der Waals surface area contributed by atoms with Crippen molar-refractivity contribution in [2.75, 3.05) is 7.11 Å². The second-order valence-electron chi connectivity index (χ2n) is 5.01. The van der Waals surface area contributed by atoms with E-state index in [1.165, 1.54) is 0 Å². The Labute approximate surface area is 111 Å². The summed E-state index contributed by atoms with van der Waals surface area (Å²) >= 11 is 0. The molecule has 0 radical (unpaired) electrons. The van der Waals surface area contributed by atoms with Gasteiger partial charge in [0.05, 0.1) is 7.11 Å². The average Bonchev–Trinajstić information content (AvgIpc) is 2.80. The lowest BCUT2D eigenvalue weighted by atomic mass is 9.91. The fourth-order valence-electron chi connectivity index (χ4n) is 2.16. The van der Waals surface area contributed by atoms with Gasteiger partial charge in [-0.25, -0.2) is 0 Å². The number of nitrogens with zero attached hydrogens (tertiary/aromatic N) is 1. The summed E-state index contributed by atoms with van der Waals surface area (Å²) in [5.74, 6) is 0.757. The van der Waals surface area contributed by atoms with E-state index in [0.29, 0.717) is 12.8 Å². The molecule has 0 aliphatic carbocycles. The van der Waals surface area contributed by atoms with E-state index in [2.05, 4.69) is 4.98 Å². The lowest BCUT2D eigenvalue weighted by Gasteiger charge is -2.18. The minimum atomic E-state index is -0.932. The molecular weight excluding hydrogens is 244 g/mol. The van der Waals surface area contributed by atoms with Crippen molar-refractivity contribution in [3.05, 3.63) is 40.1 Å². The van der Waals surface area contributed by atoms with E-state index in [9.17, 15) is 10.1 Å². The molecule has 2 rings (SSSR count). The van der Waals surface area contributed by atoms with Gasteiger partial charge < -0.3 is 9.72 Å². The molecule has 19 heavy (non-hydrogen) atoms. The maximum atomic E-state index is 11.2. The third-order valence-electron chi connectivity index (χ3n) is 3.75. The van der Waals surface area contributed by atoms with E-state index in [4.69, 9.17) is 4.74 Å². The number of aromatic amines is 1. The first-order valence-electron chi connectivity index (χ1n) is 6.28. The third-order valence-corrected chi connectivity index (χ3v) is 3.75. The summed E-state index contributed by atoms with van der Waals surface area (Å²) in [4.78, 5) is 14.2. The van der Waals surface area contributed by atoms with Crippen molar-refractivity contribution in [2.24, 2.45) is 0 Å². The molecule has 102 valence electrons. The van der Waals surface area contributed by atoms with Crippen LogP contribution < -0.4 is 4.74 Å². The quantitative estimate of drug-likeness (QED) is 0.664. The molecule has 5 nitrogen and oxygen atoms in total. The van der Waals surface area contributed by atoms with Gasteiger partial charge in [-0.15, -0.1) is 0 Å². The van der Waals surface area contributed by atoms with Gasteiger partial charge >= 0.3 is 0 Å². The number of H-pyrrole nitrogens is 1. The first-order valence-corrected chi connectivity index (χ1v) is 6.28. The highest BCUT2D eigenvalue weighted by Gasteiger charge is 2.35. The van der Waals surface area contributed by atoms with Crippen LogP contribution in [0.3, 0.4) is 0 Å². The molecule has 0 saturated heterocycles. The van der Waals surface area contributed by atoms with E-state index in [1.807, 2.05) is 31.3 Å². The molecule has 0 saturated carbocycles. The monoisotopic (exact) mass is 262 g/mol. The third kappa shape index (κ3) is 2.41. The minimum Gasteiger partial charge on any atom is -0.497 e. The first kappa shape index (κ1) is 13.4. The summed E-state index contributed by atoms with van der Waals surface area (Å²) in [5, 5.41) is 12.2. The lowest BCUT2D eigenvalue weighted by molar-refractivity contribution is -0.565. The SMILES string of the molecule is CCC(C)(Cc1c[nH]c2ccc(OC)cc12)[N+](=O)[O-]. The van der Waals surface area contributed by atoms with E-state index in [0.717, 1.165) is 22.2 Å². The highest BCUT2D eigenvalue weighted by Crippen LogP contribution is 2.28. The molecule has 1 atom stereocenters. The molecule has 1 unspecified atom stereocenters. The largest absolute Gasteiger partial charge is 0.497 e. The van der Waals surface area contributed by atoms with Crippen LogP contribution in [0.2, 0.25) is 0 Å². The summed E-state index contributed by atoms with van der Waals surface area (Å²) in [7, 11) is 1.61. The molecule has 1 heterocycles. The molecule has 1 N–H and O–H groups in total. The Morgan fingerprint density at radius 1 is 1.47 bits per heavy atom. The highest BCUT2D eigenvalue weighted by molar-refractivity contribution is 5.84. The fourth-order valence-corrected chi connectivity index (χ4v) is 2.16. The van der Waals surface area contributed by atoms with Gasteiger partial charge in [0.25, 0.3) is 0 Å². The molecule has 1 aromatic heterocycles. The van der Waals surface area contributed by atoms with Crippen LogP contribution in [0.1, 0.15) is 25.8 Å². The van der Waals surface area contributed by atoms with Crippen molar-refractivity contribution in [3.8, 4) is 5.75 Å². The Kier molecular flexibility index (Phi) is 3.46. The predicted octanol–water partition coefficient (Wildman–Crippen LogP) is 3.16. The van der Waals surface area contributed by atoms with Crippen molar-refractivity contribution in [1.29, 1.82) is 0 Å². The number of benzene rings is 1. The Balaban J connectivity index is 2.42. The predicted molar refractivity (Wildman–Crippen MR) is 74.2 cm³/mol. The first-order chi connectivity index (χ1) is 9.00. The smallest absolute Gasteiger partial charge is 0.223 e. The number of nitro groups is 1. The number of methoxy groups -OCH3 is 1. The molecule has 0 fully saturated rings. The lowest BCUT2D eigenvalue weighted by Crippen LogP contribution is -2.36. The number of aromatic nitrogens is 1. The van der Waals surface area contributed by atoms with Gasteiger partial charge in [-0.3, -0.25) is 10.1 Å². The Hall–Kier alpha value is -2.04. The van der Waals surface area contributed by atoms with E-state index >= 15 is 0 Å². The average molecular weight is 262 g/mol. The summed E-state index contributed by atoms with van der Waals surface area (Å²) in [5.41, 5.74) is 0.991. The Morgan fingerprint density at radius 2 is 2.21 bits per heavy atom. The van der Waals surface area contributed by atoms with Crippen LogP contribution in [0.5, 0.6) is 5.75 Å². The van der Waals surface area contributed by atoms with Crippen LogP contribution in [0.4, 0.5) is 0 Å². The second kappa shape index (κ2) is 4.91. The molecule has 1 aromatic carbocycles. The summed E-state index contributed by atoms with van der Waals surface area (Å²) in [6.45, 7) is 3.53. The van der Waals surface area contributed by atoms with Crippen molar-refractivity contribution in [2.45, 2.75) is 32.2 Å². The summed E-state index contributed by atoms with van der Waals surface area (Å²) in [6.07, 6.45) is 2.75. The Bertz CT molecular complexity index is 606. The van der Waals surface area contributed by atoms with Gasteiger partial charge in [0.2, 0.25) is 5.54 Å². The van der Waals surface area contributed by atoms with Crippen molar-refractivity contribution in [1.82, 2.24) is 4.98 Å². The van der Waals surface area contributed by atoms with Crippen molar-refractivity contribution < 1.29 is 9.66 Å². The summed E-state index contributed by atoms with van der Waals surface area (Å²) in [6, 6.07) is 5.71. The molecule has 2 aromatic rings. The van der Waals surface area contributed by atoms with Gasteiger partial charge in [-0.05, 0) is 23.8 Å². The number of fused-ring (bicyclic) bond motifs is 1. The summed E-state index contributed by atoms with van der Waals surface area (Å²) < 4.78 is 5.20. The van der Waals surface area contributed by atoms with Crippen LogP contribution in [0.25, 0.3) is 10.9 Å². The van der Waals surface area contributed by atoms with Crippen LogP contribution in [-0.4, -0.2) is 22.6 Å².